The number of hydrogen-bond donors (Lipinski definition) is 1. The summed E-state index contributed by atoms with van der Waals surface area (Å²) >= 11 is 1.35. The van der Waals surface area contributed by atoms with Crippen molar-refractivity contribution >= 4 is 16.7 Å². The fourth-order valence-electron chi connectivity index (χ4n) is 1.78. The van der Waals surface area contributed by atoms with Gasteiger partial charge in [-0.1, -0.05) is 19.1 Å². The number of benzene rings is 1. The van der Waals surface area contributed by atoms with Crippen LogP contribution in [0, 0.1) is 12.7 Å². The molecule has 0 radical (unpaired) electrons. The van der Waals surface area contributed by atoms with Crippen LogP contribution in [0.2, 0.25) is 0 Å². The van der Waals surface area contributed by atoms with Gasteiger partial charge in [0.15, 0.2) is 0 Å². The number of anilines is 1. The number of hydrogen-bond acceptors (Lipinski definition) is 4. The van der Waals surface area contributed by atoms with Crippen molar-refractivity contribution in [3.05, 3.63) is 41.0 Å². The van der Waals surface area contributed by atoms with Crippen molar-refractivity contribution in [2.45, 2.75) is 39.7 Å². The summed E-state index contributed by atoms with van der Waals surface area (Å²) in [6.45, 7) is 5.86. The number of halogens is 1. The molecule has 0 aliphatic carbocycles. The molecule has 5 heteroatoms. The predicted octanol–water partition coefficient (Wildman–Crippen LogP) is 4.11. The van der Waals surface area contributed by atoms with E-state index in [-0.39, 0.29) is 11.9 Å². The molecule has 1 heterocycles. The highest BCUT2D eigenvalue weighted by Gasteiger charge is 2.10. The van der Waals surface area contributed by atoms with E-state index in [2.05, 4.69) is 21.6 Å². The second-order valence-electron chi connectivity index (χ2n) is 4.64. The lowest BCUT2D eigenvalue weighted by molar-refractivity contribution is 0.614. The first-order chi connectivity index (χ1) is 9.10. The van der Waals surface area contributed by atoms with Crippen molar-refractivity contribution in [2.24, 2.45) is 0 Å². The van der Waals surface area contributed by atoms with Crippen molar-refractivity contribution in [1.82, 2.24) is 9.36 Å². The largest absolute Gasteiger partial charge is 0.354 e. The Morgan fingerprint density at radius 1 is 1.42 bits per heavy atom. The highest BCUT2D eigenvalue weighted by molar-refractivity contribution is 7.09. The van der Waals surface area contributed by atoms with Crippen LogP contribution < -0.4 is 5.32 Å². The average molecular weight is 279 g/mol. The molecule has 2 rings (SSSR count). The Balaban J connectivity index is 2.06. The zero-order valence-electron chi connectivity index (χ0n) is 11.4. The van der Waals surface area contributed by atoms with E-state index in [9.17, 15) is 4.39 Å². The molecule has 0 aliphatic heterocycles. The molecule has 2 aromatic rings. The highest BCUT2D eigenvalue weighted by Crippen LogP contribution is 2.22. The van der Waals surface area contributed by atoms with Crippen LogP contribution in [0.1, 0.15) is 43.3 Å². The zero-order chi connectivity index (χ0) is 13.8. The summed E-state index contributed by atoms with van der Waals surface area (Å²) in [7, 11) is 0. The molecule has 1 aromatic heterocycles. The topological polar surface area (TPSA) is 37.8 Å². The van der Waals surface area contributed by atoms with Gasteiger partial charge in [0.25, 0.3) is 0 Å². The van der Waals surface area contributed by atoms with Crippen LogP contribution >= 0.6 is 11.5 Å². The lowest BCUT2D eigenvalue weighted by Gasteiger charge is -2.13. The molecule has 0 amide bonds. The van der Waals surface area contributed by atoms with Crippen LogP contribution in [-0.4, -0.2) is 9.36 Å². The first-order valence-corrected chi connectivity index (χ1v) is 7.22. The fourth-order valence-corrected chi connectivity index (χ4v) is 2.48. The van der Waals surface area contributed by atoms with Crippen LogP contribution in [0.15, 0.2) is 18.2 Å². The molecule has 19 heavy (non-hydrogen) atoms. The molecule has 3 nitrogen and oxygen atoms in total. The zero-order valence-corrected chi connectivity index (χ0v) is 12.2. The van der Waals surface area contributed by atoms with Crippen LogP contribution in [0.3, 0.4) is 0 Å². The Hall–Kier alpha value is -1.49. The van der Waals surface area contributed by atoms with E-state index in [1.165, 1.54) is 11.5 Å². The summed E-state index contributed by atoms with van der Waals surface area (Å²) in [5.74, 6) is 0.701. The third-order valence-corrected chi connectivity index (χ3v) is 3.66. The number of aryl methyl sites for hydroxylation is 2. The van der Waals surface area contributed by atoms with Gasteiger partial charge in [-0.25, -0.2) is 9.37 Å². The van der Waals surface area contributed by atoms with E-state index >= 15 is 0 Å². The van der Waals surface area contributed by atoms with Gasteiger partial charge in [-0.15, -0.1) is 0 Å². The van der Waals surface area contributed by atoms with E-state index in [4.69, 9.17) is 0 Å². The molecule has 102 valence electrons. The maximum atomic E-state index is 13.5. The Labute approximate surface area is 117 Å². The van der Waals surface area contributed by atoms with Crippen LogP contribution in [0.5, 0.6) is 0 Å². The van der Waals surface area contributed by atoms with Crippen molar-refractivity contribution in [2.75, 3.05) is 5.32 Å². The third kappa shape index (κ3) is 3.50. The van der Waals surface area contributed by atoms with E-state index in [0.717, 1.165) is 29.4 Å². The molecule has 0 saturated carbocycles. The van der Waals surface area contributed by atoms with E-state index in [0.29, 0.717) is 5.56 Å². The summed E-state index contributed by atoms with van der Waals surface area (Å²) in [6, 6.07) is 5.31. The number of rotatable bonds is 5. The summed E-state index contributed by atoms with van der Waals surface area (Å²) in [5.41, 5.74) is 1.58. The van der Waals surface area contributed by atoms with Gasteiger partial charge in [0.2, 0.25) is 5.13 Å². The van der Waals surface area contributed by atoms with Gasteiger partial charge < -0.3 is 5.32 Å². The fraction of sp³-hybridized carbons (Fsp3) is 0.429. The van der Waals surface area contributed by atoms with Gasteiger partial charge in [-0.2, -0.15) is 4.37 Å². The lowest BCUT2D eigenvalue weighted by atomic mass is 10.1. The maximum Gasteiger partial charge on any atom is 0.203 e. The van der Waals surface area contributed by atoms with Crippen molar-refractivity contribution < 1.29 is 4.39 Å². The van der Waals surface area contributed by atoms with Crippen LogP contribution in [0.25, 0.3) is 0 Å². The molecule has 1 N–H and O–H groups in total. The SMILES string of the molecule is CCCc1nsc(NC(C)c2ccc(C)c(F)c2)n1. The third-order valence-electron chi connectivity index (χ3n) is 2.98. The van der Waals surface area contributed by atoms with Gasteiger partial charge >= 0.3 is 0 Å². The molecule has 0 bridgehead atoms. The Morgan fingerprint density at radius 3 is 2.89 bits per heavy atom. The first kappa shape index (κ1) is 13.9. The predicted molar refractivity (Wildman–Crippen MR) is 77.1 cm³/mol. The van der Waals surface area contributed by atoms with Gasteiger partial charge in [0.1, 0.15) is 11.6 Å². The summed E-state index contributed by atoms with van der Waals surface area (Å²) < 4.78 is 17.8. The smallest absolute Gasteiger partial charge is 0.203 e. The van der Waals surface area contributed by atoms with E-state index in [1.54, 1.807) is 19.1 Å². The standard InChI is InChI=1S/C14H18FN3S/c1-4-5-13-17-14(19-18-13)16-10(3)11-7-6-9(2)12(15)8-11/h6-8,10H,4-5H2,1-3H3,(H,16,17,18). The molecular weight excluding hydrogens is 261 g/mol. The van der Waals surface area contributed by atoms with Crippen molar-refractivity contribution in [3.63, 3.8) is 0 Å². The molecular formula is C14H18FN3S. The number of nitrogens with zero attached hydrogens (tertiary/aromatic N) is 2. The molecule has 1 atom stereocenters. The second-order valence-corrected chi connectivity index (χ2v) is 5.39. The Kier molecular flexibility index (Phi) is 4.47. The summed E-state index contributed by atoms with van der Waals surface area (Å²) in [4.78, 5) is 4.41. The lowest BCUT2D eigenvalue weighted by Crippen LogP contribution is -2.07. The van der Waals surface area contributed by atoms with E-state index < -0.39 is 0 Å². The first-order valence-electron chi connectivity index (χ1n) is 6.45. The minimum Gasteiger partial charge on any atom is -0.354 e. The minimum atomic E-state index is -0.171. The minimum absolute atomic E-state index is 0.0116. The normalized spacial score (nSPS) is 12.4. The Morgan fingerprint density at radius 2 is 2.21 bits per heavy atom. The second kappa shape index (κ2) is 6.10. The van der Waals surface area contributed by atoms with Gasteiger partial charge in [0.05, 0.1) is 6.04 Å². The monoisotopic (exact) mass is 279 g/mol. The molecule has 1 unspecified atom stereocenters. The van der Waals surface area contributed by atoms with Crippen LogP contribution in [-0.2, 0) is 6.42 Å². The molecule has 0 spiro atoms. The molecule has 0 fully saturated rings. The Bertz CT molecular complexity index is 553. The van der Waals surface area contributed by atoms with Crippen molar-refractivity contribution in [3.8, 4) is 0 Å². The van der Waals surface area contributed by atoms with Crippen molar-refractivity contribution in [1.29, 1.82) is 0 Å². The number of aromatic nitrogens is 2. The quantitative estimate of drug-likeness (QED) is 0.895. The summed E-state index contributed by atoms with van der Waals surface area (Å²) in [6.07, 6.45) is 1.93. The van der Waals surface area contributed by atoms with E-state index in [1.807, 2.05) is 13.0 Å². The molecule has 1 aromatic carbocycles. The van der Waals surface area contributed by atoms with Gasteiger partial charge in [-0.05, 0) is 37.5 Å². The summed E-state index contributed by atoms with van der Waals surface area (Å²) in [5, 5.41) is 4.05. The van der Waals surface area contributed by atoms with Gasteiger partial charge in [0, 0.05) is 18.0 Å². The van der Waals surface area contributed by atoms with Gasteiger partial charge in [-0.3, -0.25) is 0 Å². The maximum absolute atomic E-state index is 13.5. The molecule has 0 aliphatic rings. The van der Waals surface area contributed by atoms with Crippen LogP contribution in [0.4, 0.5) is 9.52 Å². The molecule has 0 saturated heterocycles. The highest BCUT2D eigenvalue weighted by atomic mass is 32.1. The average Bonchev–Trinajstić information content (AvgIpc) is 2.80. The number of nitrogens with one attached hydrogen (secondary N) is 1.